The first-order chi connectivity index (χ1) is 11.1. The summed E-state index contributed by atoms with van der Waals surface area (Å²) < 4.78 is 11.7. The Bertz CT molecular complexity index is 595. The van der Waals surface area contributed by atoms with Crippen molar-refractivity contribution in [1.29, 1.82) is 0 Å². The van der Waals surface area contributed by atoms with Crippen molar-refractivity contribution in [1.82, 2.24) is 0 Å². The van der Waals surface area contributed by atoms with Crippen LogP contribution < -0.4 is 4.74 Å². The molecule has 0 radical (unpaired) electrons. The van der Waals surface area contributed by atoms with Crippen molar-refractivity contribution >= 4 is 6.29 Å². The molecule has 0 bridgehead atoms. The number of aldehydes is 1. The van der Waals surface area contributed by atoms with Crippen LogP contribution in [0.15, 0.2) is 54.6 Å². The highest BCUT2D eigenvalue weighted by Gasteiger charge is 2.26. The SMILES string of the molecule is CC(CC=O)(COc1ccc(CO)cc1)OCc1ccccc1. The summed E-state index contributed by atoms with van der Waals surface area (Å²) >= 11 is 0. The van der Waals surface area contributed by atoms with Gasteiger partial charge in [-0.25, -0.2) is 0 Å². The predicted molar refractivity (Wildman–Crippen MR) is 88.2 cm³/mol. The third-order valence-corrected chi connectivity index (χ3v) is 3.60. The molecular formula is C19H22O4. The molecule has 4 heteroatoms. The van der Waals surface area contributed by atoms with Crippen molar-refractivity contribution in [3.63, 3.8) is 0 Å². The molecule has 2 rings (SSSR count). The molecule has 0 aliphatic heterocycles. The van der Waals surface area contributed by atoms with Crippen LogP contribution in [0, 0.1) is 0 Å². The lowest BCUT2D eigenvalue weighted by Crippen LogP contribution is -2.36. The molecular weight excluding hydrogens is 292 g/mol. The van der Waals surface area contributed by atoms with Crippen LogP contribution >= 0.6 is 0 Å². The van der Waals surface area contributed by atoms with Gasteiger partial charge in [-0.2, -0.15) is 0 Å². The summed E-state index contributed by atoms with van der Waals surface area (Å²) in [7, 11) is 0. The smallest absolute Gasteiger partial charge is 0.122 e. The predicted octanol–water partition coefficient (Wildman–Crippen LogP) is 3.12. The standard InChI is InChI=1S/C19H22O4/c1-19(11-12-20,23-14-17-5-3-2-4-6-17)15-22-18-9-7-16(13-21)8-10-18/h2-10,12,21H,11,13-15H2,1H3. The lowest BCUT2D eigenvalue weighted by atomic mass is 10.0. The van der Waals surface area contributed by atoms with Crippen LogP contribution in [0.1, 0.15) is 24.5 Å². The van der Waals surface area contributed by atoms with E-state index in [0.717, 1.165) is 17.4 Å². The molecule has 0 amide bonds. The molecule has 0 aliphatic carbocycles. The number of ether oxygens (including phenoxy) is 2. The van der Waals surface area contributed by atoms with E-state index in [4.69, 9.17) is 14.6 Å². The number of aliphatic hydroxyl groups excluding tert-OH is 1. The monoisotopic (exact) mass is 314 g/mol. The summed E-state index contributed by atoms with van der Waals surface area (Å²) in [6.07, 6.45) is 1.11. The number of hydrogen-bond donors (Lipinski definition) is 1. The largest absolute Gasteiger partial charge is 0.491 e. The van der Waals surface area contributed by atoms with E-state index >= 15 is 0 Å². The zero-order valence-corrected chi connectivity index (χ0v) is 13.3. The summed E-state index contributed by atoms with van der Waals surface area (Å²) in [4.78, 5) is 11.0. The molecule has 2 aromatic carbocycles. The summed E-state index contributed by atoms with van der Waals surface area (Å²) in [5, 5.41) is 9.04. The van der Waals surface area contributed by atoms with E-state index in [1.165, 1.54) is 0 Å². The molecule has 0 heterocycles. The summed E-state index contributed by atoms with van der Waals surface area (Å²) in [6.45, 7) is 2.57. The second-order valence-electron chi connectivity index (χ2n) is 5.69. The fraction of sp³-hybridized carbons (Fsp3) is 0.316. The Labute approximate surface area is 136 Å². The zero-order valence-electron chi connectivity index (χ0n) is 13.3. The fourth-order valence-corrected chi connectivity index (χ4v) is 2.09. The first-order valence-electron chi connectivity index (χ1n) is 7.59. The number of rotatable bonds is 9. The highest BCUT2D eigenvalue weighted by atomic mass is 16.5. The molecule has 0 aliphatic rings. The topological polar surface area (TPSA) is 55.8 Å². The van der Waals surface area contributed by atoms with E-state index < -0.39 is 5.60 Å². The van der Waals surface area contributed by atoms with Gasteiger partial charge in [0.05, 0.1) is 13.2 Å². The first-order valence-corrected chi connectivity index (χ1v) is 7.59. The minimum atomic E-state index is -0.687. The van der Waals surface area contributed by atoms with Gasteiger partial charge in [0.25, 0.3) is 0 Å². The van der Waals surface area contributed by atoms with E-state index in [1.807, 2.05) is 37.3 Å². The first kappa shape index (κ1) is 17.2. The van der Waals surface area contributed by atoms with Gasteiger partial charge in [-0.15, -0.1) is 0 Å². The van der Waals surface area contributed by atoms with Crippen LogP contribution in [0.5, 0.6) is 5.75 Å². The second kappa shape index (κ2) is 8.46. The van der Waals surface area contributed by atoms with Crippen molar-refractivity contribution in [2.45, 2.75) is 32.2 Å². The van der Waals surface area contributed by atoms with E-state index in [2.05, 4.69) is 0 Å². The Kier molecular flexibility index (Phi) is 6.32. The van der Waals surface area contributed by atoms with Crippen LogP contribution in [0.2, 0.25) is 0 Å². The molecule has 1 N–H and O–H groups in total. The number of carbonyl (C=O) groups excluding carboxylic acids is 1. The Balaban J connectivity index is 1.94. The highest BCUT2D eigenvalue weighted by Crippen LogP contribution is 2.20. The molecule has 0 saturated carbocycles. The molecule has 1 atom stereocenters. The van der Waals surface area contributed by atoms with Crippen molar-refractivity contribution in [2.24, 2.45) is 0 Å². The molecule has 1 unspecified atom stereocenters. The van der Waals surface area contributed by atoms with Crippen LogP contribution in [-0.4, -0.2) is 23.6 Å². The van der Waals surface area contributed by atoms with Gasteiger partial charge in [-0.05, 0) is 30.2 Å². The molecule has 122 valence electrons. The Morgan fingerprint density at radius 3 is 2.35 bits per heavy atom. The number of hydrogen-bond acceptors (Lipinski definition) is 4. The Hall–Kier alpha value is -2.17. The molecule has 4 nitrogen and oxygen atoms in total. The van der Waals surface area contributed by atoms with Crippen molar-refractivity contribution in [2.75, 3.05) is 6.61 Å². The van der Waals surface area contributed by atoms with Crippen LogP contribution in [-0.2, 0) is 22.7 Å². The van der Waals surface area contributed by atoms with Gasteiger partial charge >= 0.3 is 0 Å². The molecule has 0 fully saturated rings. The normalized spacial score (nSPS) is 13.3. The number of carbonyl (C=O) groups is 1. The molecule has 0 saturated heterocycles. The van der Waals surface area contributed by atoms with Crippen LogP contribution in [0.25, 0.3) is 0 Å². The van der Waals surface area contributed by atoms with E-state index in [0.29, 0.717) is 12.4 Å². The van der Waals surface area contributed by atoms with Gasteiger partial charge < -0.3 is 19.4 Å². The van der Waals surface area contributed by atoms with Crippen LogP contribution in [0.4, 0.5) is 0 Å². The summed E-state index contributed by atoms with van der Waals surface area (Å²) in [5.41, 5.74) is 1.19. The maximum atomic E-state index is 11.0. The average molecular weight is 314 g/mol. The molecule has 23 heavy (non-hydrogen) atoms. The van der Waals surface area contributed by atoms with E-state index in [9.17, 15) is 4.79 Å². The molecule has 0 spiro atoms. The van der Waals surface area contributed by atoms with Gasteiger partial charge in [0, 0.05) is 6.42 Å². The average Bonchev–Trinajstić information content (AvgIpc) is 2.60. The van der Waals surface area contributed by atoms with Gasteiger partial charge in [0.2, 0.25) is 0 Å². The molecule has 0 aromatic heterocycles. The fourth-order valence-electron chi connectivity index (χ4n) is 2.09. The Morgan fingerprint density at radius 2 is 1.74 bits per heavy atom. The van der Waals surface area contributed by atoms with E-state index in [-0.39, 0.29) is 19.6 Å². The maximum absolute atomic E-state index is 11.0. The number of benzene rings is 2. The van der Waals surface area contributed by atoms with Crippen molar-refractivity contribution in [3.8, 4) is 5.75 Å². The lowest BCUT2D eigenvalue weighted by Gasteiger charge is -2.28. The van der Waals surface area contributed by atoms with Gasteiger partial charge in [-0.3, -0.25) is 0 Å². The minimum Gasteiger partial charge on any atom is -0.491 e. The Morgan fingerprint density at radius 1 is 1.04 bits per heavy atom. The summed E-state index contributed by atoms with van der Waals surface area (Å²) in [5.74, 6) is 0.683. The second-order valence-corrected chi connectivity index (χ2v) is 5.69. The maximum Gasteiger partial charge on any atom is 0.122 e. The third-order valence-electron chi connectivity index (χ3n) is 3.60. The third kappa shape index (κ3) is 5.51. The van der Waals surface area contributed by atoms with Crippen molar-refractivity contribution in [3.05, 3.63) is 65.7 Å². The van der Waals surface area contributed by atoms with Crippen LogP contribution in [0.3, 0.4) is 0 Å². The highest BCUT2D eigenvalue weighted by molar-refractivity contribution is 5.51. The summed E-state index contributed by atoms with van der Waals surface area (Å²) in [6, 6.07) is 17.0. The van der Waals surface area contributed by atoms with Crippen molar-refractivity contribution < 1.29 is 19.4 Å². The zero-order chi connectivity index (χ0) is 16.5. The van der Waals surface area contributed by atoms with Gasteiger partial charge in [-0.1, -0.05) is 42.5 Å². The van der Waals surface area contributed by atoms with Gasteiger partial charge in [0.1, 0.15) is 24.2 Å². The number of aliphatic hydroxyl groups is 1. The lowest BCUT2D eigenvalue weighted by molar-refractivity contribution is -0.119. The van der Waals surface area contributed by atoms with Gasteiger partial charge in [0.15, 0.2) is 0 Å². The van der Waals surface area contributed by atoms with E-state index in [1.54, 1.807) is 24.3 Å². The minimum absolute atomic E-state index is 0.00330. The molecule has 2 aromatic rings. The quantitative estimate of drug-likeness (QED) is 0.723.